The van der Waals surface area contributed by atoms with Gasteiger partial charge in [-0.25, -0.2) is 8.42 Å². The Labute approximate surface area is 193 Å². The first-order chi connectivity index (χ1) is 15.8. The number of aryl methyl sites for hydroxylation is 1. The average molecular weight is 468 g/mol. The zero-order valence-corrected chi connectivity index (χ0v) is 19.1. The van der Waals surface area contributed by atoms with Gasteiger partial charge in [-0.1, -0.05) is 29.8 Å². The van der Waals surface area contributed by atoms with Crippen molar-refractivity contribution in [3.05, 3.63) is 89.5 Å². The number of hydrogen-bond acceptors (Lipinski definition) is 5. The van der Waals surface area contributed by atoms with Crippen LogP contribution in [-0.2, 0) is 14.8 Å². The molecule has 33 heavy (non-hydrogen) atoms. The molecule has 0 unspecified atom stereocenters. The van der Waals surface area contributed by atoms with Crippen LogP contribution in [-0.4, -0.2) is 40.5 Å². The second-order valence-corrected chi connectivity index (χ2v) is 8.93. The summed E-state index contributed by atoms with van der Waals surface area (Å²) in [5.41, 5.74) is 2.28. The van der Waals surface area contributed by atoms with Crippen LogP contribution in [0.5, 0.6) is 0 Å². The van der Waals surface area contributed by atoms with Crippen LogP contribution >= 0.6 is 0 Å². The van der Waals surface area contributed by atoms with Gasteiger partial charge < -0.3 is 15.4 Å². The van der Waals surface area contributed by atoms with E-state index in [9.17, 15) is 18.0 Å². The molecule has 0 aliphatic rings. The Morgan fingerprint density at radius 1 is 0.879 bits per heavy atom. The van der Waals surface area contributed by atoms with Crippen molar-refractivity contribution in [3.63, 3.8) is 0 Å². The van der Waals surface area contributed by atoms with Crippen molar-refractivity contribution in [2.24, 2.45) is 0 Å². The van der Waals surface area contributed by atoms with Crippen molar-refractivity contribution in [2.45, 2.75) is 11.8 Å². The number of anilines is 2. The van der Waals surface area contributed by atoms with E-state index >= 15 is 0 Å². The monoisotopic (exact) mass is 467 g/mol. The van der Waals surface area contributed by atoms with Crippen molar-refractivity contribution in [3.8, 4) is 0 Å². The molecule has 0 saturated carbocycles. The fourth-order valence-corrected chi connectivity index (χ4v) is 4.03. The fraction of sp³-hybridized carbons (Fsp3) is 0.167. The summed E-state index contributed by atoms with van der Waals surface area (Å²) in [4.78, 5) is 25.2. The number of hydrogen-bond donors (Lipinski definition) is 3. The third-order valence-corrected chi connectivity index (χ3v) is 6.14. The second-order valence-electron chi connectivity index (χ2n) is 7.24. The SMILES string of the molecule is COCCNC(=O)c1ccccc1NC(=O)c1ccc(NS(=O)(=O)c2ccc(C)cc2)cc1. The summed E-state index contributed by atoms with van der Waals surface area (Å²) in [6, 6.07) is 19.2. The minimum atomic E-state index is -3.74. The van der Waals surface area contributed by atoms with Gasteiger partial charge in [-0.3, -0.25) is 14.3 Å². The number of para-hydroxylation sites is 1. The summed E-state index contributed by atoms with van der Waals surface area (Å²) in [6.45, 7) is 2.59. The van der Waals surface area contributed by atoms with Gasteiger partial charge >= 0.3 is 0 Å². The zero-order valence-electron chi connectivity index (χ0n) is 18.3. The molecule has 0 aliphatic heterocycles. The molecule has 0 fully saturated rings. The smallest absolute Gasteiger partial charge is 0.261 e. The molecule has 8 nitrogen and oxygen atoms in total. The number of benzene rings is 3. The molecule has 0 aliphatic carbocycles. The molecule has 3 rings (SSSR count). The van der Waals surface area contributed by atoms with Gasteiger partial charge in [0.1, 0.15) is 0 Å². The van der Waals surface area contributed by atoms with E-state index in [-0.39, 0.29) is 10.8 Å². The number of sulfonamides is 1. The van der Waals surface area contributed by atoms with Gasteiger partial charge in [0.15, 0.2) is 0 Å². The van der Waals surface area contributed by atoms with Crippen LogP contribution in [0.3, 0.4) is 0 Å². The van der Waals surface area contributed by atoms with E-state index in [1.54, 1.807) is 43.5 Å². The number of carbonyl (C=O) groups is 2. The van der Waals surface area contributed by atoms with Gasteiger partial charge in [0, 0.05) is 24.9 Å². The first-order valence-corrected chi connectivity index (χ1v) is 11.7. The van der Waals surface area contributed by atoms with Gasteiger partial charge in [-0.15, -0.1) is 0 Å². The molecule has 0 spiro atoms. The van der Waals surface area contributed by atoms with E-state index < -0.39 is 15.9 Å². The Bertz CT molecular complexity index is 1220. The Hall–Kier alpha value is -3.69. The zero-order chi connectivity index (χ0) is 23.8. The van der Waals surface area contributed by atoms with Crippen molar-refractivity contribution in [1.82, 2.24) is 5.32 Å². The molecule has 0 radical (unpaired) electrons. The van der Waals surface area contributed by atoms with E-state index in [1.807, 2.05) is 6.92 Å². The van der Waals surface area contributed by atoms with Crippen LogP contribution in [0.1, 0.15) is 26.3 Å². The van der Waals surface area contributed by atoms with E-state index in [0.717, 1.165) is 5.56 Å². The number of ether oxygens (including phenoxy) is 1. The predicted octanol–water partition coefficient (Wildman–Crippen LogP) is 3.42. The maximum absolute atomic E-state index is 12.7. The molecular formula is C24H25N3O5S. The lowest BCUT2D eigenvalue weighted by atomic mass is 10.1. The highest BCUT2D eigenvalue weighted by molar-refractivity contribution is 7.92. The molecular weight excluding hydrogens is 442 g/mol. The fourth-order valence-electron chi connectivity index (χ4n) is 2.97. The second kappa shape index (κ2) is 10.8. The summed E-state index contributed by atoms with van der Waals surface area (Å²) in [6.07, 6.45) is 0. The van der Waals surface area contributed by atoms with Crippen LogP contribution < -0.4 is 15.4 Å². The molecule has 172 valence electrons. The summed E-state index contributed by atoms with van der Waals surface area (Å²) in [5, 5.41) is 5.45. The third kappa shape index (κ3) is 6.41. The molecule has 2 amide bonds. The Morgan fingerprint density at radius 2 is 1.55 bits per heavy atom. The van der Waals surface area contributed by atoms with Gasteiger partial charge in [0.2, 0.25) is 0 Å². The lowest BCUT2D eigenvalue weighted by Gasteiger charge is -2.12. The van der Waals surface area contributed by atoms with Gasteiger partial charge in [0.25, 0.3) is 21.8 Å². The predicted molar refractivity (Wildman–Crippen MR) is 127 cm³/mol. The average Bonchev–Trinajstić information content (AvgIpc) is 2.80. The highest BCUT2D eigenvalue weighted by Gasteiger charge is 2.16. The van der Waals surface area contributed by atoms with E-state index in [1.165, 1.54) is 36.4 Å². The molecule has 0 heterocycles. The van der Waals surface area contributed by atoms with Crippen molar-refractivity contribution < 1.29 is 22.7 Å². The van der Waals surface area contributed by atoms with Crippen LogP contribution in [0.15, 0.2) is 77.7 Å². The van der Waals surface area contributed by atoms with E-state index in [4.69, 9.17) is 4.74 Å². The van der Waals surface area contributed by atoms with E-state index in [0.29, 0.717) is 35.7 Å². The number of rotatable bonds is 9. The van der Waals surface area contributed by atoms with E-state index in [2.05, 4.69) is 15.4 Å². The maximum Gasteiger partial charge on any atom is 0.261 e. The van der Waals surface area contributed by atoms with Crippen molar-refractivity contribution in [2.75, 3.05) is 30.3 Å². The molecule has 3 N–H and O–H groups in total. The number of methoxy groups -OCH3 is 1. The Kier molecular flexibility index (Phi) is 7.81. The topological polar surface area (TPSA) is 114 Å². The standard InChI is InChI=1S/C24H25N3O5S/c1-17-7-13-20(14-8-17)33(30,31)27-19-11-9-18(10-12-19)23(28)26-22-6-4-3-5-21(22)24(29)25-15-16-32-2/h3-14,27H,15-16H2,1-2H3,(H,25,29)(H,26,28). The minimum Gasteiger partial charge on any atom is -0.383 e. The molecule has 0 bridgehead atoms. The third-order valence-electron chi connectivity index (χ3n) is 4.74. The molecule has 0 aromatic heterocycles. The summed E-state index contributed by atoms with van der Waals surface area (Å²) >= 11 is 0. The first-order valence-electron chi connectivity index (χ1n) is 10.2. The Morgan fingerprint density at radius 3 is 2.21 bits per heavy atom. The largest absolute Gasteiger partial charge is 0.383 e. The minimum absolute atomic E-state index is 0.148. The molecule has 0 atom stereocenters. The van der Waals surface area contributed by atoms with Crippen LogP contribution in [0.2, 0.25) is 0 Å². The van der Waals surface area contributed by atoms with Crippen LogP contribution in [0.4, 0.5) is 11.4 Å². The summed E-state index contributed by atoms with van der Waals surface area (Å²) in [5.74, 6) is -0.760. The number of amides is 2. The van der Waals surface area contributed by atoms with Crippen LogP contribution in [0, 0.1) is 6.92 Å². The first kappa shape index (κ1) is 24.0. The van der Waals surface area contributed by atoms with Crippen molar-refractivity contribution >= 4 is 33.2 Å². The molecule has 9 heteroatoms. The molecule has 3 aromatic rings. The Balaban J connectivity index is 1.69. The highest BCUT2D eigenvalue weighted by Crippen LogP contribution is 2.19. The maximum atomic E-state index is 12.7. The molecule has 3 aromatic carbocycles. The number of carbonyl (C=O) groups excluding carboxylic acids is 2. The normalized spacial score (nSPS) is 11.0. The van der Waals surface area contributed by atoms with Crippen molar-refractivity contribution in [1.29, 1.82) is 0 Å². The summed E-state index contributed by atoms with van der Waals surface area (Å²) < 4.78 is 32.5. The summed E-state index contributed by atoms with van der Waals surface area (Å²) in [7, 11) is -2.20. The van der Waals surface area contributed by atoms with Gasteiger partial charge in [-0.05, 0) is 55.5 Å². The lowest BCUT2D eigenvalue weighted by Crippen LogP contribution is -2.28. The molecule has 0 saturated heterocycles. The highest BCUT2D eigenvalue weighted by atomic mass is 32.2. The quantitative estimate of drug-likeness (QED) is 0.417. The van der Waals surface area contributed by atoms with Crippen LogP contribution in [0.25, 0.3) is 0 Å². The lowest BCUT2D eigenvalue weighted by molar-refractivity contribution is 0.0938. The number of nitrogens with one attached hydrogen (secondary N) is 3. The van der Waals surface area contributed by atoms with Gasteiger partial charge in [-0.2, -0.15) is 0 Å². The van der Waals surface area contributed by atoms with Gasteiger partial charge in [0.05, 0.1) is 22.8 Å².